The molecule has 0 spiro atoms. The minimum Gasteiger partial charge on any atom is -0.493 e. The average Bonchev–Trinajstić information content (AvgIpc) is 3.66. The molecule has 0 saturated heterocycles. The predicted octanol–water partition coefficient (Wildman–Crippen LogP) is 7.31. The van der Waals surface area contributed by atoms with Gasteiger partial charge in [-0.05, 0) is 61.4 Å². The normalized spacial score (nSPS) is 13.9. The number of pyridine rings is 1. The lowest BCUT2D eigenvalue weighted by molar-refractivity contribution is -0.137. The molecule has 1 fully saturated rings. The van der Waals surface area contributed by atoms with E-state index in [9.17, 15) is 18.0 Å². The van der Waals surface area contributed by atoms with E-state index in [2.05, 4.69) is 20.9 Å². The van der Waals surface area contributed by atoms with E-state index in [4.69, 9.17) is 26.8 Å². The molecular formula is C28H24ClF4N5O3. The van der Waals surface area contributed by atoms with Crippen LogP contribution in [0.1, 0.15) is 18.4 Å². The van der Waals surface area contributed by atoms with E-state index in [0.717, 1.165) is 25.0 Å². The molecule has 13 heteroatoms. The highest BCUT2D eigenvalue weighted by Gasteiger charge is 2.39. The largest absolute Gasteiger partial charge is 0.493 e. The molecular weight excluding hydrogens is 566 g/mol. The fourth-order valence-electron chi connectivity index (χ4n) is 4.01. The maximum atomic E-state index is 15.0. The van der Waals surface area contributed by atoms with Crippen molar-refractivity contribution < 1.29 is 31.8 Å². The molecule has 1 aliphatic carbocycles. The first-order chi connectivity index (χ1) is 19.4. The molecule has 5 rings (SSSR count). The van der Waals surface area contributed by atoms with Crippen molar-refractivity contribution in [2.45, 2.75) is 24.6 Å². The van der Waals surface area contributed by atoms with Gasteiger partial charge in [0.05, 0.1) is 34.4 Å². The molecule has 1 aromatic heterocycles. The number of amides is 2. The Morgan fingerprint density at radius 1 is 1.02 bits per heavy atom. The molecule has 0 atom stereocenters. The molecule has 1 aliphatic rings. The van der Waals surface area contributed by atoms with Crippen molar-refractivity contribution >= 4 is 51.3 Å². The maximum Gasteiger partial charge on any atom is 0.417 e. The minimum absolute atomic E-state index is 0.0759. The summed E-state index contributed by atoms with van der Waals surface area (Å²) in [7, 11) is 1.51. The zero-order valence-corrected chi connectivity index (χ0v) is 22.3. The molecule has 0 radical (unpaired) electrons. The van der Waals surface area contributed by atoms with Crippen molar-refractivity contribution in [2.24, 2.45) is 5.73 Å². The van der Waals surface area contributed by atoms with Crippen LogP contribution in [0.15, 0.2) is 60.8 Å². The zero-order chi connectivity index (χ0) is 29.4. The van der Waals surface area contributed by atoms with Gasteiger partial charge in [-0.1, -0.05) is 11.6 Å². The van der Waals surface area contributed by atoms with Crippen LogP contribution in [0.3, 0.4) is 0 Å². The second-order valence-electron chi connectivity index (χ2n) is 9.62. The molecule has 1 saturated carbocycles. The first-order valence-electron chi connectivity index (χ1n) is 12.3. The fourth-order valence-corrected chi connectivity index (χ4v) is 4.24. The lowest BCUT2D eigenvalue weighted by Crippen LogP contribution is -2.29. The van der Waals surface area contributed by atoms with Crippen LogP contribution >= 0.6 is 11.6 Å². The van der Waals surface area contributed by atoms with Gasteiger partial charge in [-0.15, -0.1) is 0 Å². The topological polar surface area (TPSA) is 111 Å². The van der Waals surface area contributed by atoms with Crippen LogP contribution in [0.4, 0.5) is 45.1 Å². The van der Waals surface area contributed by atoms with Crippen molar-refractivity contribution in [3.05, 3.63) is 77.2 Å². The van der Waals surface area contributed by atoms with Crippen molar-refractivity contribution in [1.82, 2.24) is 4.98 Å². The monoisotopic (exact) mass is 589 g/mol. The average molecular weight is 590 g/mol. The van der Waals surface area contributed by atoms with E-state index < -0.39 is 28.6 Å². The van der Waals surface area contributed by atoms with Crippen molar-refractivity contribution in [2.75, 3.05) is 29.7 Å². The Bertz CT molecular complexity index is 1630. The standard InChI is InChI=1S/C28H24ClF4N5O3/c1-40-24-12-17-21(6-9-35-23(17)13-25(24)41-14-27(34)7-8-27)38-22-5-3-16(11-20(22)30)37-26(39)36-15-2-4-19(29)18(10-15)28(31,32)33/h2-6,9-13H,7-8,14,34H2,1H3,(H,35,38)(H2,36,37,39). The number of nitrogens with one attached hydrogen (secondary N) is 3. The number of hydrogen-bond donors (Lipinski definition) is 4. The predicted molar refractivity (Wildman–Crippen MR) is 149 cm³/mol. The number of fused-ring (bicyclic) bond motifs is 1. The van der Waals surface area contributed by atoms with Gasteiger partial charge in [0, 0.05) is 34.7 Å². The second-order valence-corrected chi connectivity index (χ2v) is 10.0. The maximum absolute atomic E-state index is 15.0. The Labute approximate surface area is 236 Å². The molecule has 3 aromatic carbocycles. The number of nitrogens with two attached hydrogens (primary N) is 1. The second kappa shape index (κ2) is 10.9. The minimum atomic E-state index is -4.69. The first kappa shape index (κ1) is 28.2. The summed E-state index contributed by atoms with van der Waals surface area (Å²) in [6.07, 6.45) is -1.34. The van der Waals surface area contributed by atoms with Gasteiger partial charge in [-0.25, -0.2) is 9.18 Å². The summed E-state index contributed by atoms with van der Waals surface area (Å²) in [6.45, 7) is 0.352. The van der Waals surface area contributed by atoms with E-state index >= 15 is 4.39 Å². The van der Waals surface area contributed by atoms with E-state index in [0.29, 0.717) is 40.8 Å². The molecule has 0 unspecified atom stereocenters. The molecule has 4 aromatic rings. The van der Waals surface area contributed by atoms with E-state index in [-0.39, 0.29) is 22.6 Å². The number of carbonyl (C=O) groups is 1. The van der Waals surface area contributed by atoms with Crippen LogP contribution in [0.5, 0.6) is 11.5 Å². The Morgan fingerprint density at radius 2 is 1.73 bits per heavy atom. The Morgan fingerprint density at radius 3 is 2.39 bits per heavy atom. The summed E-state index contributed by atoms with van der Waals surface area (Å²) in [5, 5.41) is 7.84. The van der Waals surface area contributed by atoms with Gasteiger partial charge in [0.1, 0.15) is 12.4 Å². The summed E-state index contributed by atoms with van der Waals surface area (Å²) in [6, 6.07) is 11.1. The molecule has 5 N–H and O–H groups in total. The summed E-state index contributed by atoms with van der Waals surface area (Å²) in [5.41, 5.74) is 5.88. The van der Waals surface area contributed by atoms with E-state index in [1.54, 1.807) is 24.4 Å². The van der Waals surface area contributed by atoms with Crippen LogP contribution in [0, 0.1) is 5.82 Å². The van der Waals surface area contributed by atoms with Crippen LogP contribution in [-0.4, -0.2) is 30.3 Å². The number of methoxy groups -OCH3 is 1. The lowest BCUT2D eigenvalue weighted by Gasteiger charge is -2.16. The Balaban J connectivity index is 1.30. The number of rotatable bonds is 8. The van der Waals surface area contributed by atoms with Gasteiger partial charge in [0.25, 0.3) is 0 Å². The first-order valence-corrected chi connectivity index (χ1v) is 12.7. The van der Waals surface area contributed by atoms with Crippen molar-refractivity contribution in [3.63, 3.8) is 0 Å². The van der Waals surface area contributed by atoms with Gasteiger partial charge in [0.2, 0.25) is 0 Å². The number of nitrogens with zero attached hydrogens (tertiary/aromatic N) is 1. The molecule has 0 bridgehead atoms. The van der Waals surface area contributed by atoms with Crippen molar-refractivity contribution in [1.29, 1.82) is 0 Å². The van der Waals surface area contributed by atoms with Gasteiger partial charge < -0.3 is 31.2 Å². The SMILES string of the molecule is COc1cc2c(Nc3ccc(NC(=O)Nc4ccc(Cl)c(C(F)(F)F)c4)cc3F)ccnc2cc1OCC1(N)CC1. The molecule has 41 heavy (non-hydrogen) atoms. The highest BCUT2D eigenvalue weighted by molar-refractivity contribution is 6.31. The number of halogens is 5. The number of carbonyl (C=O) groups excluding carboxylic acids is 1. The van der Waals surface area contributed by atoms with Gasteiger partial charge >= 0.3 is 12.2 Å². The third-order valence-corrected chi connectivity index (χ3v) is 6.79. The van der Waals surface area contributed by atoms with Gasteiger partial charge in [-0.3, -0.25) is 4.98 Å². The van der Waals surface area contributed by atoms with Gasteiger partial charge in [-0.2, -0.15) is 13.2 Å². The number of aromatic nitrogens is 1. The summed E-state index contributed by atoms with van der Waals surface area (Å²) in [5.74, 6) is 0.268. The number of benzene rings is 3. The number of hydrogen-bond acceptors (Lipinski definition) is 6. The number of alkyl halides is 3. The number of ether oxygens (including phenoxy) is 2. The van der Waals surface area contributed by atoms with Crippen LogP contribution < -0.4 is 31.2 Å². The van der Waals surface area contributed by atoms with Gasteiger partial charge in [0.15, 0.2) is 11.5 Å². The smallest absolute Gasteiger partial charge is 0.417 e. The summed E-state index contributed by atoms with van der Waals surface area (Å²) >= 11 is 5.61. The summed E-state index contributed by atoms with van der Waals surface area (Å²) in [4.78, 5) is 16.7. The van der Waals surface area contributed by atoms with Crippen LogP contribution in [0.2, 0.25) is 5.02 Å². The molecule has 0 aliphatic heterocycles. The van der Waals surface area contributed by atoms with Crippen LogP contribution in [-0.2, 0) is 6.18 Å². The third-order valence-electron chi connectivity index (χ3n) is 6.46. The molecule has 2 amide bonds. The Hall–Kier alpha value is -4.29. The van der Waals surface area contributed by atoms with Crippen molar-refractivity contribution in [3.8, 4) is 11.5 Å². The summed E-state index contributed by atoms with van der Waals surface area (Å²) < 4.78 is 65.7. The van der Waals surface area contributed by atoms with E-state index in [1.165, 1.54) is 25.3 Å². The highest BCUT2D eigenvalue weighted by atomic mass is 35.5. The fraction of sp³-hybridized carbons (Fsp3) is 0.214. The zero-order valence-electron chi connectivity index (χ0n) is 21.5. The molecule has 8 nitrogen and oxygen atoms in total. The highest BCUT2D eigenvalue weighted by Crippen LogP contribution is 2.39. The Kier molecular flexibility index (Phi) is 7.54. The number of urea groups is 1. The quantitative estimate of drug-likeness (QED) is 0.160. The van der Waals surface area contributed by atoms with E-state index in [1.807, 2.05) is 0 Å². The third kappa shape index (κ3) is 6.55. The number of anilines is 4. The molecule has 1 heterocycles. The molecule has 214 valence electrons. The van der Waals surface area contributed by atoms with Crippen LogP contribution in [0.25, 0.3) is 10.9 Å². The lowest BCUT2D eigenvalue weighted by atomic mass is 10.1.